The lowest BCUT2D eigenvalue weighted by atomic mass is 10.1. The summed E-state index contributed by atoms with van der Waals surface area (Å²) in [6.45, 7) is 1.62. The molecule has 0 radical (unpaired) electrons. The van der Waals surface area contributed by atoms with Gasteiger partial charge in [0.1, 0.15) is 5.82 Å². The Labute approximate surface area is 118 Å². The predicted molar refractivity (Wildman–Crippen MR) is 75.2 cm³/mol. The summed E-state index contributed by atoms with van der Waals surface area (Å²) in [5.74, 6) is -0.798. The molecule has 114 valence electrons. The number of hydrogen-bond donors (Lipinski definition) is 3. The second-order valence-corrected chi connectivity index (χ2v) is 7.01. The van der Waals surface area contributed by atoms with Crippen LogP contribution in [-0.2, 0) is 10.0 Å². The van der Waals surface area contributed by atoms with Crippen molar-refractivity contribution in [2.24, 2.45) is 0 Å². The maximum Gasteiger partial charge on any atom is 0.240 e. The van der Waals surface area contributed by atoms with Crippen LogP contribution in [-0.4, -0.2) is 51.2 Å². The standard InChI is InChI=1S/C12H20FN3O3S/c1-12(17,8-16(2)3)7-15-20(18,19)9-4-5-11(14)10(13)6-9/h4-6,15,17H,7-8,14H2,1-3H3. The van der Waals surface area contributed by atoms with E-state index in [1.54, 1.807) is 19.0 Å². The van der Waals surface area contributed by atoms with E-state index in [9.17, 15) is 17.9 Å². The van der Waals surface area contributed by atoms with Gasteiger partial charge in [0.2, 0.25) is 10.0 Å². The highest BCUT2D eigenvalue weighted by atomic mass is 32.2. The fourth-order valence-electron chi connectivity index (χ4n) is 1.75. The molecule has 6 nitrogen and oxygen atoms in total. The Morgan fingerprint density at radius 1 is 1.45 bits per heavy atom. The molecule has 0 heterocycles. The number of anilines is 1. The number of nitrogens with two attached hydrogens (primary N) is 1. The second-order valence-electron chi connectivity index (χ2n) is 5.24. The third-order valence-corrected chi connectivity index (χ3v) is 3.98. The monoisotopic (exact) mass is 305 g/mol. The number of halogens is 1. The van der Waals surface area contributed by atoms with E-state index in [2.05, 4.69) is 4.72 Å². The zero-order valence-corrected chi connectivity index (χ0v) is 12.5. The molecule has 20 heavy (non-hydrogen) atoms. The largest absolute Gasteiger partial charge is 0.396 e. The van der Waals surface area contributed by atoms with Gasteiger partial charge in [0, 0.05) is 13.1 Å². The third kappa shape index (κ3) is 4.71. The molecule has 0 bridgehead atoms. The van der Waals surface area contributed by atoms with Crippen molar-refractivity contribution in [2.75, 3.05) is 32.9 Å². The van der Waals surface area contributed by atoms with Crippen LogP contribution in [0.25, 0.3) is 0 Å². The molecule has 0 spiro atoms. The Balaban J connectivity index is 2.82. The number of likely N-dealkylation sites (N-methyl/N-ethyl adjacent to an activating group) is 1. The van der Waals surface area contributed by atoms with E-state index >= 15 is 0 Å². The van der Waals surface area contributed by atoms with Crippen molar-refractivity contribution in [1.29, 1.82) is 0 Å². The van der Waals surface area contributed by atoms with Gasteiger partial charge in [-0.2, -0.15) is 0 Å². The Morgan fingerprint density at radius 2 is 2.05 bits per heavy atom. The number of rotatable bonds is 6. The molecule has 1 aromatic rings. The van der Waals surface area contributed by atoms with E-state index in [-0.39, 0.29) is 23.7 Å². The maximum atomic E-state index is 13.3. The average Bonchev–Trinajstić information content (AvgIpc) is 2.29. The Hall–Kier alpha value is -1.22. The summed E-state index contributed by atoms with van der Waals surface area (Å²) in [6.07, 6.45) is 0. The molecule has 0 aliphatic rings. The molecular weight excluding hydrogens is 285 g/mol. The van der Waals surface area contributed by atoms with Gasteiger partial charge in [-0.1, -0.05) is 0 Å². The molecule has 0 amide bonds. The van der Waals surface area contributed by atoms with Crippen LogP contribution in [0.1, 0.15) is 6.92 Å². The van der Waals surface area contributed by atoms with Crippen molar-refractivity contribution in [2.45, 2.75) is 17.4 Å². The summed E-state index contributed by atoms with van der Waals surface area (Å²) < 4.78 is 39.5. The molecule has 4 N–H and O–H groups in total. The van der Waals surface area contributed by atoms with Crippen molar-refractivity contribution < 1.29 is 17.9 Å². The van der Waals surface area contributed by atoms with E-state index < -0.39 is 21.4 Å². The molecule has 0 saturated carbocycles. The zero-order chi connectivity index (χ0) is 15.6. The second kappa shape index (κ2) is 6.04. The third-order valence-electron chi connectivity index (χ3n) is 2.58. The number of benzene rings is 1. The summed E-state index contributed by atoms with van der Waals surface area (Å²) in [4.78, 5) is 1.50. The fraction of sp³-hybridized carbons (Fsp3) is 0.500. The van der Waals surface area contributed by atoms with Crippen LogP contribution in [0.3, 0.4) is 0 Å². The minimum atomic E-state index is -3.89. The molecule has 1 aromatic carbocycles. The quantitative estimate of drug-likeness (QED) is 0.643. The average molecular weight is 305 g/mol. The van der Waals surface area contributed by atoms with Gasteiger partial charge in [-0.05, 0) is 39.2 Å². The van der Waals surface area contributed by atoms with E-state index in [1.807, 2.05) is 0 Å². The van der Waals surface area contributed by atoms with E-state index in [4.69, 9.17) is 5.73 Å². The summed E-state index contributed by atoms with van der Waals surface area (Å²) in [5, 5.41) is 10.0. The summed E-state index contributed by atoms with van der Waals surface area (Å²) >= 11 is 0. The summed E-state index contributed by atoms with van der Waals surface area (Å²) in [6, 6.07) is 3.24. The normalized spacial score (nSPS) is 15.3. The topological polar surface area (TPSA) is 95.7 Å². The number of nitrogen functional groups attached to an aromatic ring is 1. The minimum absolute atomic E-state index is 0.122. The van der Waals surface area contributed by atoms with Crippen LogP contribution < -0.4 is 10.5 Å². The van der Waals surface area contributed by atoms with Crippen LogP contribution in [0.2, 0.25) is 0 Å². The molecule has 1 rings (SSSR count). The van der Waals surface area contributed by atoms with E-state index in [1.165, 1.54) is 19.1 Å². The van der Waals surface area contributed by atoms with Crippen LogP contribution in [0.15, 0.2) is 23.1 Å². The first-order chi connectivity index (χ1) is 9.03. The van der Waals surface area contributed by atoms with Crippen LogP contribution in [0, 0.1) is 5.82 Å². The van der Waals surface area contributed by atoms with Crippen molar-refractivity contribution in [3.8, 4) is 0 Å². The molecule has 0 aliphatic heterocycles. The minimum Gasteiger partial charge on any atom is -0.396 e. The summed E-state index contributed by atoms with van der Waals surface area (Å²) in [5.41, 5.74) is 3.94. The maximum absolute atomic E-state index is 13.3. The van der Waals surface area contributed by atoms with E-state index in [0.717, 1.165) is 6.07 Å². The fourth-order valence-corrected chi connectivity index (χ4v) is 2.92. The van der Waals surface area contributed by atoms with Crippen LogP contribution in [0.4, 0.5) is 10.1 Å². The van der Waals surface area contributed by atoms with Gasteiger partial charge in [-0.25, -0.2) is 17.5 Å². The van der Waals surface area contributed by atoms with Crippen molar-refractivity contribution >= 4 is 15.7 Å². The Morgan fingerprint density at radius 3 is 2.55 bits per heavy atom. The highest BCUT2D eigenvalue weighted by Crippen LogP contribution is 2.16. The molecule has 1 unspecified atom stereocenters. The number of aliphatic hydroxyl groups is 1. The lowest BCUT2D eigenvalue weighted by Crippen LogP contribution is -2.47. The lowest BCUT2D eigenvalue weighted by molar-refractivity contribution is 0.0386. The van der Waals surface area contributed by atoms with Crippen molar-refractivity contribution in [3.05, 3.63) is 24.0 Å². The Bertz CT molecular complexity index is 573. The molecule has 8 heteroatoms. The van der Waals surface area contributed by atoms with Crippen molar-refractivity contribution in [3.63, 3.8) is 0 Å². The van der Waals surface area contributed by atoms with Crippen LogP contribution in [0.5, 0.6) is 0 Å². The smallest absolute Gasteiger partial charge is 0.240 e. The highest BCUT2D eigenvalue weighted by molar-refractivity contribution is 7.89. The first-order valence-electron chi connectivity index (χ1n) is 5.95. The predicted octanol–water partition coefficient (Wildman–Crippen LogP) is -0.00120. The molecule has 0 aliphatic carbocycles. The van der Waals surface area contributed by atoms with Gasteiger partial charge in [-0.15, -0.1) is 0 Å². The number of sulfonamides is 1. The molecule has 0 saturated heterocycles. The van der Waals surface area contributed by atoms with E-state index in [0.29, 0.717) is 0 Å². The molecular formula is C12H20FN3O3S. The SMILES string of the molecule is CN(C)CC(C)(O)CNS(=O)(=O)c1ccc(N)c(F)c1. The lowest BCUT2D eigenvalue weighted by Gasteiger charge is -2.27. The van der Waals surface area contributed by atoms with Gasteiger partial charge in [0.05, 0.1) is 16.2 Å². The Kier molecular flexibility index (Phi) is 5.09. The number of nitrogens with zero attached hydrogens (tertiary/aromatic N) is 1. The van der Waals surface area contributed by atoms with Gasteiger partial charge >= 0.3 is 0 Å². The zero-order valence-electron chi connectivity index (χ0n) is 11.7. The van der Waals surface area contributed by atoms with Gasteiger partial charge in [0.15, 0.2) is 0 Å². The molecule has 0 fully saturated rings. The number of nitrogens with one attached hydrogen (secondary N) is 1. The van der Waals surface area contributed by atoms with Gasteiger partial charge < -0.3 is 15.7 Å². The number of hydrogen-bond acceptors (Lipinski definition) is 5. The van der Waals surface area contributed by atoms with Crippen molar-refractivity contribution in [1.82, 2.24) is 9.62 Å². The van der Waals surface area contributed by atoms with Crippen LogP contribution >= 0.6 is 0 Å². The molecule has 0 aromatic heterocycles. The van der Waals surface area contributed by atoms with Gasteiger partial charge in [0.25, 0.3) is 0 Å². The summed E-state index contributed by atoms with van der Waals surface area (Å²) in [7, 11) is -0.368. The molecule has 1 atom stereocenters. The first-order valence-corrected chi connectivity index (χ1v) is 7.44. The highest BCUT2D eigenvalue weighted by Gasteiger charge is 2.25. The first kappa shape index (κ1) is 16.8. The van der Waals surface area contributed by atoms with Gasteiger partial charge in [-0.3, -0.25) is 0 Å².